The van der Waals surface area contributed by atoms with Crippen LogP contribution >= 0.6 is 0 Å². The van der Waals surface area contributed by atoms with E-state index in [-0.39, 0.29) is 42.5 Å². The normalized spacial score (nSPS) is 18.8. The molecule has 4 aliphatic rings. The number of benzene rings is 2. The van der Waals surface area contributed by atoms with Crippen molar-refractivity contribution in [3.8, 4) is 0 Å². The molecule has 7 rings (SSSR count). The van der Waals surface area contributed by atoms with Gasteiger partial charge in [-0.1, -0.05) is 24.3 Å². The van der Waals surface area contributed by atoms with Gasteiger partial charge in [0.25, 0.3) is 0 Å². The SMILES string of the molecule is Nc1ccc(CNC(=O)N2CCN(C(=O)OC3CCCC(OC(=O)N4CCN(C(=O)NCc5ccc(N)cc5)CC4)CCC3)CC2)cc1.O=C(O)N1CCN(C(=O)NCCCn2ccnc2)CC1. The summed E-state index contributed by atoms with van der Waals surface area (Å²) in [5.41, 5.74) is 14.7. The number of carbonyl (C=O) groups is 6. The van der Waals surface area contributed by atoms with Crippen LogP contribution in [0.4, 0.5) is 40.1 Å². The monoisotopic (exact) mass is 946 g/mol. The summed E-state index contributed by atoms with van der Waals surface area (Å²) in [6, 6.07) is 14.3. The Morgan fingerprint density at radius 1 is 0.559 bits per heavy atom. The third-order valence-electron chi connectivity index (χ3n) is 12.4. The first kappa shape index (κ1) is 50.3. The van der Waals surface area contributed by atoms with Gasteiger partial charge in [-0.15, -0.1) is 0 Å². The van der Waals surface area contributed by atoms with Crippen LogP contribution in [0.15, 0.2) is 67.3 Å². The van der Waals surface area contributed by atoms with Crippen molar-refractivity contribution >= 4 is 47.7 Å². The van der Waals surface area contributed by atoms with E-state index in [4.69, 9.17) is 26.0 Å². The van der Waals surface area contributed by atoms with E-state index >= 15 is 0 Å². The predicted molar refractivity (Wildman–Crippen MR) is 252 cm³/mol. The molecule has 0 spiro atoms. The summed E-state index contributed by atoms with van der Waals surface area (Å²) in [5.74, 6) is 0. The Kier molecular flexibility index (Phi) is 19.0. The number of carboxylic acid groups (broad SMARTS) is 1. The summed E-state index contributed by atoms with van der Waals surface area (Å²) in [6.07, 6.45) is 8.57. The van der Waals surface area contributed by atoms with E-state index in [0.29, 0.717) is 135 Å². The average molecular weight is 946 g/mol. The highest BCUT2D eigenvalue weighted by Gasteiger charge is 2.30. The van der Waals surface area contributed by atoms with Crippen molar-refractivity contribution in [3.05, 3.63) is 78.4 Å². The molecule has 8 N–H and O–H groups in total. The molecule has 3 saturated heterocycles. The Bertz CT molecular complexity index is 1960. The molecular weight excluding hydrogens is 879 g/mol. The van der Waals surface area contributed by atoms with Gasteiger partial charge in [-0.2, -0.15) is 0 Å². The van der Waals surface area contributed by atoms with E-state index in [2.05, 4.69) is 20.9 Å². The minimum absolute atomic E-state index is 0.124. The second kappa shape index (κ2) is 25.7. The van der Waals surface area contributed by atoms with Gasteiger partial charge in [0.15, 0.2) is 0 Å². The van der Waals surface area contributed by atoms with Gasteiger partial charge in [0.05, 0.1) is 6.33 Å². The molecule has 3 aromatic rings. The third-order valence-corrected chi connectivity index (χ3v) is 12.4. The zero-order chi connectivity index (χ0) is 48.3. The number of nitrogens with two attached hydrogens (primary N) is 2. The number of aryl methyl sites for hydroxylation is 1. The first-order valence-corrected chi connectivity index (χ1v) is 23.5. The number of urea groups is 3. The molecule has 4 fully saturated rings. The van der Waals surface area contributed by atoms with Crippen LogP contribution in [0.2, 0.25) is 0 Å². The van der Waals surface area contributed by atoms with Crippen molar-refractivity contribution in [2.45, 2.75) is 76.8 Å². The lowest BCUT2D eigenvalue weighted by atomic mass is 9.96. The number of imidazole rings is 1. The predicted octanol–water partition coefficient (Wildman–Crippen LogP) is 3.85. The van der Waals surface area contributed by atoms with Crippen molar-refractivity contribution in [1.29, 1.82) is 0 Å². The number of hydrogen-bond donors (Lipinski definition) is 6. The third kappa shape index (κ3) is 16.0. The first-order chi connectivity index (χ1) is 32.9. The Labute approximate surface area is 396 Å². The first-order valence-electron chi connectivity index (χ1n) is 23.5. The number of anilines is 2. The molecule has 68 heavy (non-hydrogen) atoms. The summed E-state index contributed by atoms with van der Waals surface area (Å²) in [7, 11) is 0. The average Bonchev–Trinajstić information content (AvgIpc) is 3.88. The van der Waals surface area contributed by atoms with Gasteiger partial charge in [-0.3, -0.25) is 0 Å². The van der Waals surface area contributed by atoms with E-state index in [0.717, 1.165) is 36.9 Å². The minimum Gasteiger partial charge on any atom is -0.465 e. The summed E-state index contributed by atoms with van der Waals surface area (Å²) >= 11 is 0. The lowest BCUT2D eigenvalue weighted by Gasteiger charge is -2.36. The molecule has 2 aromatic carbocycles. The van der Waals surface area contributed by atoms with Crippen molar-refractivity contribution in [2.75, 3.05) is 96.5 Å². The number of nitrogen functional groups attached to an aromatic ring is 2. The standard InChI is InChI=1S/C34H48N8O6.C12H19N5O3/c35-27-11-7-25(8-12-27)23-37-31(43)39-15-19-41(20-16-39)33(45)47-29-3-1-4-30(6-2-5-29)48-34(46)42-21-17-40(18-22-42)32(44)38-24-26-9-13-28(36)14-10-26;18-11(14-2-1-4-15-5-3-13-10-15)16-6-8-17(9-7-16)12(19)20/h7-14,29-30H,1-6,15-24,35-36H2,(H,37,43)(H,38,44);3,5,10H,1-2,4,6-9H2,(H,14,18)(H,19,20). The molecule has 3 aliphatic heterocycles. The number of nitrogens with zero attached hydrogens (tertiary/aromatic N) is 8. The van der Waals surface area contributed by atoms with Crippen LogP contribution in [0.5, 0.6) is 0 Å². The zero-order valence-electron chi connectivity index (χ0n) is 38.7. The molecule has 0 unspecified atom stereocenters. The minimum atomic E-state index is -0.926. The van der Waals surface area contributed by atoms with E-state index in [1.165, 1.54) is 4.90 Å². The van der Waals surface area contributed by atoms with Gasteiger partial charge in [-0.25, -0.2) is 33.8 Å². The quantitative estimate of drug-likeness (QED) is 0.125. The van der Waals surface area contributed by atoms with Gasteiger partial charge in [0.1, 0.15) is 12.2 Å². The largest absolute Gasteiger partial charge is 0.465 e. The van der Waals surface area contributed by atoms with Gasteiger partial charge in [0, 0.05) is 128 Å². The Morgan fingerprint density at radius 2 is 0.941 bits per heavy atom. The molecule has 1 aliphatic carbocycles. The van der Waals surface area contributed by atoms with Crippen LogP contribution in [0.3, 0.4) is 0 Å². The van der Waals surface area contributed by atoms with Crippen molar-refractivity contribution in [3.63, 3.8) is 0 Å². The van der Waals surface area contributed by atoms with Crippen molar-refractivity contribution < 1.29 is 43.3 Å². The van der Waals surface area contributed by atoms with Crippen molar-refractivity contribution in [2.24, 2.45) is 0 Å². The summed E-state index contributed by atoms with van der Waals surface area (Å²) < 4.78 is 13.7. The van der Waals surface area contributed by atoms with E-state index in [9.17, 15) is 28.8 Å². The van der Waals surface area contributed by atoms with E-state index in [1.807, 2.05) is 35.0 Å². The Morgan fingerprint density at radius 3 is 1.32 bits per heavy atom. The maximum atomic E-state index is 12.9. The highest BCUT2D eigenvalue weighted by molar-refractivity contribution is 5.76. The Balaban J connectivity index is 0.000000317. The number of piperazine rings is 3. The number of amides is 9. The number of rotatable bonds is 10. The topological polar surface area (TPSA) is 266 Å². The summed E-state index contributed by atoms with van der Waals surface area (Å²) in [4.78, 5) is 87.3. The lowest BCUT2D eigenvalue weighted by molar-refractivity contribution is 0.0196. The van der Waals surface area contributed by atoms with E-state index < -0.39 is 6.09 Å². The molecule has 1 saturated carbocycles. The maximum Gasteiger partial charge on any atom is 0.410 e. The second-order valence-electron chi connectivity index (χ2n) is 17.3. The van der Waals surface area contributed by atoms with Crippen LogP contribution in [0.25, 0.3) is 0 Å². The van der Waals surface area contributed by atoms with Gasteiger partial charge in [-0.05, 0) is 80.3 Å². The lowest BCUT2D eigenvalue weighted by Crippen LogP contribution is -2.53. The second-order valence-corrected chi connectivity index (χ2v) is 17.3. The fourth-order valence-electron chi connectivity index (χ4n) is 8.23. The molecule has 0 atom stereocenters. The van der Waals surface area contributed by atoms with Gasteiger partial charge in [0.2, 0.25) is 0 Å². The number of nitrogens with one attached hydrogen (secondary N) is 3. The summed E-state index contributed by atoms with van der Waals surface area (Å²) in [6.45, 7) is 7.28. The molecule has 22 heteroatoms. The molecule has 9 amide bonds. The van der Waals surface area contributed by atoms with Gasteiger partial charge < -0.3 is 76.0 Å². The number of aromatic nitrogens is 2. The van der Waals surface area contributed by atoms with Gasteiger partial charge >= 0.3 is 36.4 Å². The highest BCUT2D eigenvalue weighted by atomic mass is 16.6. The van der Waals surface area contributed by atoms with Crippen molar-refractivity contribution in [1.82, 2.24) is 54.9 Å². The molecule has 1 aromatic heterocycles. The molecular formula is C46H67N13O9. The van der Waals surface area contributed by atoms with Crippen LogP contribution in [-0.2, 0) is 29.1 Å². The Hall–Kier alpha value is -7.13. The van der Waals surface area contributed by atoms with Crippen LogP contribution in [0.1, 0.15) is 56.1 Å². The number of carbonyl (C=O) groups excluding carboxylic acids is 5. The van der Waals surface area contributed by atoms with Crippen LogP contribution in [-0.4, -0.2) is 178 Å². The maximum absolute atomic E-state index is 12.9. The van der Waals surface area contributed by atoms with Crippen LogP contribution < -0.4 is 27.4 Å². The molecule has 0 radical (unpaired) electrons. The molecule has 22 nitrogen and oxygen atoms in total. The fraction of sp³-hybridized carbons (Fsp3) is 0.543. The fourth-order valence-corrected chi connectivity index (χ4v) is 8.23. The van der Waals surface area contributed by atoms with Crippen LogP contribution in [0, 0.1) is 0 Å². The molecule has 0 bridgehead atoms. The molecule has 370 valence electrons. The zero-order valence-corrected chi connectivity index (χ0v) is 38.7. The number of ether oxygens (including phenoxy) is 2. The highest BCUT2D eigenvalue weighted by Crippen LogP contribution is 2.24. The molecule has 4 heterocycles. The summed E-state index contributed by atoms with van der Waals surface area (Å²) in [5, 5.41) is 17.5. The smallest absolute Gasteiger partial charge is 0.410 e. The van der Waals surface area contributed by atoms with E-state index in [1.54, 1.807) is 61.3 Å². The number of hydrogen-bond acceptors (Lipinski definition) is 11.